The van der Waals surface area contributed by atoms with E-state index < -0.39 is 0 Å². The summed E-state index contributed by atoms with van der Waals surface area (Å²) in [5.41, 5.74) is 6.96. The monoisotopic (exact) mass is 288 g/mol. The molecule has 0 fully saturated rings. The normalized spacial score (nSPS) is 12.2. The molecule has 106 valence electrons. The molecule has 2 rings (SSSR count). The van der Waals surface area contributed by atoms with Crippen molar-refractivity contribution in [3.63, 3.8) is 0 Å². The molecule has 3 N–H and O–H groups in total. The van der Waals surface area contributed by atoms with Gasteiger partial charge in [0.2, 0.25) is 5.91 Å². The van der Waals surface area contributed by atoms with Crippen LogP contribution in [0.5, 0.6) is 0 Å². The lowest BCUT2D eigenvalue weighted by Gasteiger charge is -2.17. The van der Waals surface area contributed by atoms with Gasteiger partial charge in [-0.25, -0.2) is 0 Å². The van der Waals surface area contributed by atoms with Crippen LogP contribution in [0.15, 0.2) is 41.8 Å². The molecular weight excluding hydrogens is 268 g/mol. The Bertz CT molecular complexity index is 551. The molecule has 1 heterocycles. The van der Waals surface area contributed by atoms with Crippen molar-refractivity contribution in [3.05, 3.63) is 57.8 Å². The van der Waals surface area contributed by atoms with Gasteiger partial charge in [-0.15, -0.1) is 11.3 Å². The number of carbonyl (C=O) groups excluding carboxylic acids is 1. The van der Waals surface area contributed by atoms with Crippen LogP contribution in [0.25, 0.3) is 0 Å². The van der Waals surface area contributed by atoms with Crippen molar-refractivity contribution in [2.45, 2.75) is 32.4 Å². The standard InChI is InChI=1S/C16H20N2OS/c1-2-6-14(15-9-5-10-20-15)18-11-12-7-3-4-8-13(12)16(17)19/h3-5,7-10,14,18H,2,6,11H2,1H3,(H2,17,19). The minimum atomic E-state index is -0.370. The zero-order chi connectivity index (χ0) is 14.4. The number of amides is 1. The Morgan fingerprint density at radius 3 is 2.75 bits per heavy atom. The van der Waals surface area contributed by atoms with Crippen molar-refractivity contribution in [2.24, 2.45) is 5.73 Å². The van der Waals surface area contributed by atoms with E-state index in [2.05, 4.69) is 29.8 Å². The number of primary amides is 1. The van der Waals surface area contributed by atoms with Crippen molar-refractivity contribution >= 4 is 17.2 Å². The second-order valence-corrected chi connectivity index (χ2v) is 5.74. The van der Waals surface area contributed by atoms with Crippen LogP contribution in [0, 0.1) is 0 Å². The van der Waals surface area contributed by atoms with E-state index in [1.165, 1.54) is 4.88 Å². The molecule has 0 bridgehead atoms. The van der Waals surface area contributed by atoms with Gasteiger partial charge in [-0.2, -0.15) is 0 Å². The molecular formula is C16H20N2OS. The summed E-state index contributed by atoms with van der Waals surface area (Å²) < 4.78 is 0. The lowest BCUT2D eigenvalue weighted by Crippen LogP contribution is -2.22. The van der Waals surface area contributed by atoms with Gasteiger partial charge in [-0.1, -0.05) is 37.6 Å². The number of hydrogen-bond acceptors (Lipinski definition) is 3. The molecule has 0 saturated carbocycles. The van der Waals surface area contributed by atoms with Gasteiger partial charge in [0.15, 0.2) is 0 Å². The van der Waals surface area contributed by atoms with Gasteiger partial charge in [0.25, 0.3) is 0 Å². The Morgan fingerprint density at radius 1 is 1.30 bits per heavy atom. The van der Waals surface area contributed by atoms with Crippen LogP contribution in [-0.4, -0.2) is 5.91 Å². The highest BCUT2D eigenvalue weighted by molar-refractivity contribution is 7.10. The summed E-state index contributed by atoms with van der Waals surface area (Å²) in [6, 6.07) is 12.1. The van der Waals surface area contributed by atoms with Crippen LogP contribution in [0.2, 0.25) is 0 Å². The Morgan fingerprint density at radius 2 is 2.10 bits per heavy atom. The number of rotatable bonds is 7. The molecule has 20 heavy (non-hydrogen) atoms. The summed E-state index contributed by atoms with van der Waals surface area (Å²) in [5.74, 6) is -0.370. The van der Waals surface area contributed by atoms with E-state index in [-0.39, 0.29) is 5.91 Å². The predicted molar refractivity (Wildman–Crippen MR) is 83.8 cm³/mol. The lowest BCUT2D eigenvalue weighted by molar-refractivity contribution is 0.0999. The fourth-order valence-electron chi connectivity index (χ4n) is 2.27. The number of benzene rings is 1. The summed E-state index contributed by atoms with van der Waals surface area (Å²) >= 11 is 1.76. The van der Waals surface area contributed by atoms with E-state index in [4.69, 9.17) is 5.73 Å². The number of hydrogen-bond donors (Lipinski definition) is 2. The molecule has 0 aliphatic rings. The molecule has 4 heteroatoms. The van der Waals surface area contributed by atoms with Crippen molar-refractivity contribution in [1.29, 1.82) is 0 Å². The van der Waals surface area contributed by atoms with E-state index in [1.54, 1.807) is 17.4 Å². The zero-order valence-electron chi connectivity index (χ0n) is 11.6. The van der Waals surface area contributed by atoms with Gasteiger partial charge in [-0.05, 0) is 29.5 Å². The highest BCUT2D eigenvalue weighted by Crippen LogP contribution is 2.24. The third kappa shape index (κ3) is 3.68. The molecule has 3 nitrogen and oxygen atoms in total. The lowest BCUT2D eigenvalue weighted by atomic mass is 10.1. The zero-order valence-corrected chi connectivity index (χ0v) is 12.5. The van der Waals surface area contributed by atoms with Crippen LogP contribution in [0.4, 0.5) is 0 Å². The first kappa shape index (κ1) is 14.8. The molecule has 0 aliphatic heterocycles. The van der Waals surface area contributed by atoms with Gasteiger partial charge in [-0.3, -0.25) is 4.79 Å². The molecule has 1 aromatic heterocycles. The summed E-state index contributed by atoms with van der Waals surface area (Å²) in [5, 5.41) is 5.63. The van der Waals surface area contributed by atoms with Crippen LogP contribution in [0.3, 0.4) is 0 Å². The van der Waals surface area contributed by atoms with Crippen LogP contribution in [0.1, 0.15) is 46.6 Å². The van der Waals surface area contributed by atoms with Crippen LogP contribution < -0.4 is 11.1 Å². The first-order valence-corrected chi connectivity index (χ1v) is 7.74. The van der Waals surface area contributed by atoms with Gasteiger partial charge in [0, 0.05) is 23.0 Å². The van der Waals surface area contributed by atoms with Gasteiger partial charge in [0.05, 0.1) is 0 Å². The van der Waals surface area contributed by atoms with E-state index in [9.17, 15) is 4.79 Å². The molecule has 1 unspecified atom stereocenters. The average Bonchev–Trinajstić information content (AvgIpc) is 2.97. The van der Waals surface area contributed by atoms with Gasteiger partial charge >= 0.3 is 0 Å². The third-order valence-electron chi connectivity index (χ3n) is 3.29. The molecule has 1 aromatic carbocycles. The van der Waals surface area contributed by atoms with Gasteiger partial charge < -0.3 is 11.1 Å². The molecule has 0 aliphatic carbocycles. The maximum absolute atomic E-state index is 11.4. The smallest absolute Gasteiger partial charge is 0.249 e. The largest absolute Gasteiger partial charge is 0.366 e. The first-order chi connectivity index (χ1) is 9.72. The van der Waals surface area contributed by atoms with Crippen molar-refractivity contribution in [3.8, 4) is 0 Å². The van der Waals surface area contributed by atoms with Crippen molar-refractivity contribution in [1.82, 2.24) is 5.32 Å². The second kappa shape index (κ2) is 7.22. The highest BCUT2D eigenvalue weighted by Gasteiger charge is 2.13. The maximum Gasteiger partial charge on any atom is 0.249 e. The average molecular weight is 288 g/mol. The number of carbonyl (C=O) groups is 1. The summed E-state index contributed by atoms with van der Waals surface area (Å²) in [7, 11) is 0. The number of thiophene rings is 1. The summed E-state index contributed by atoms with van der Waals surface area (Å²) in [6.07, 6.45) is 2.20. The highest BCUT2D eigenvalue weighted by atomic mass is 32.1. The third-order valence-corrected chi connectivity index (χ3v) is 4.27. The minimum Gasteiger partial charge on any atom is -0.366 e. The molecule has 2 aromatic rings. The SMILES string of the molecule is CCCC(NCc1ccccc1C(N)=O)c1cccs1. The fraction of sp³-hybridized carbons (Fsp3) is 0.312. The predicted octanol–water partition coefficient (Wildman–Crippen LogP) is 3.48. The summed E-state index contributed by atoms with van der Waals surface area (Å²) in [4.78, 5) is 12.8. The Labute approximate surface area is 123 Å². The molecule has 0 radical (unpaired) electrons. The van der Waals surface area contributed by atoms with Crippen molar-refractivity contribution < 1.29 is 4.79 Å². The van der Waals surface area contributed by atoms with E-state index in [0.717, 1.165) is 18.4 Å². The number of nitrogens with two attached hydrogens (primary N) is 1. The Kier molecular flexibility index (Phi) is 5.32. The Balaban J connectivity index is 2.08. The van der Waals surface area contributed by atoms with Gasteiger partial charge in [0.1, 0.15) is 0 Å². The molecule has 0 saturated heterocycles. The maximum atomic E-state index is 11.4. The molecule has 0 spiro atoms. The minimum absolute atomic E-state index is 0.334. The Hall–Kier alpha value is -1.65. The summed E-state index contributed by atoms with van der Waals surface area (Å²) in [6.45, 7) is 2.83. The van der Waals surface area contributed by atoms with E-state index >= 15 is 0 Å². The van der Waals surface area contributed by atoms with Crippen LogP contribution in [-0.2, 0) is 6.54 Å². The molecule has 1 amide bonds. The topological polar surface area (TPSA) is 55.1 Å². The van der Waals surface area contributed by atoms with Crippen molar-refractivity contribution in [2.75, 3.05) is 0 Å². The quantitative estimate of drug-likeness (QED) is 0.819. The first-order valence-electron chi connectivity index (χ1n) is 6.87. The van der Waals surface area contributed by atoms with E-state index in [0.29, 0.717) is 18.2 Å². The van der Waals surface area contributed by atoms with E-state index in [1.807, 2.05) is 18.2 Å². The van der Waals surface area contributed by atoms with Crippen LogP contribution >= 0.6 is 11.3 Å². The molecule has 1 atom stereocenters. The second-order valence-electron chi connectivity index (χ2n) is 4.76. The fourth-order valence-corrected chi connectivity index (χ4v) is 3.11. The number of nitrogens with one attached hydrogen (secondary N) is 1.